The summed E-state index contributed by atoms with van der Waals surface area (Å²) in [6.45, 7) is 11.2. The fraction of sp³-hybridized carbons (Fsp3) is 0.750. The lowest BCUT2D eigenvalue weighted by Gasteiger charge is -2.24. The van der Waals surface area contributed by atoms with Crippen molar-refractivity contribution in [1.29, 1.82) is 0 Å². The Labute approximate surface area is 220 Å². The Hall–Kier alpha value is -2.94. The van der Waals surface area contributed by atoms with Crippen LogP contribution in [-0.2, 0) is 31.8 Å². The van der Waals surface area contributed by atoms with Crippen molar-refractivity contribution >= 4 is 11.9 Å². The highest BCUT2D eigenvalue weighted by molar-refractivity contribution is 5.29. The fourth-order valence-corrected chi connectivity index (χ4v) is 4.76. The lowest BCUT2D eigenvalue weighted by molar-refractivity contribution is 0.0896. The van der Waals surface area contributed by atoms with Crippen molar-refractivity contribution in [3.63, 3.8) is 0 Å². The van der Waals surface area contributed by atoms with Gasteiger partial charge in [-0.1, -0.05) is 0 Å². The third kappa shape index (κ3) is 6.20. The molecule has 0 bridgehead atoms. The molecule has 38 heavy (non-hydrogen) atoms. The van der Waals surface area contributed by atoms with E-state index in [2.05, 4.69) is 19.0 Å². The summed E-state index contributed by atoms with van der Waals surface area (Å²) in [5.41, 5.74) is 1.14. The molecule has 0 aromatic carbocycles. The van der Waals surface area contributed by atoms with E-state index in [1.165, 1.54) is 0 Å². The molecule has 2 aromatic heterocycles. The Morgan fingerprint density at radius 1 is 0.500 bits per heavy atom. The highest BCUT2D eigenvalue weighted by Crippen LogP contribution is 2.12. The number of hydrogen-bond acceptors (Lipinski definition) is 12. The van der Waals surface area contributed by atoms with E-state index in [-0.39, 0.29) is 0 Å². The average molecular weight is 533 g/mol. The van der Waals surface area contributed by atoms with Crippen LogP contribution in [0.25, 0.3) is 0 Å². The largest absolute Gasteiger partial charge is 0.504 e. The van der Waals surface area contributed by atoms with Crippen LogP contribution in [0, 0.1) is 0 Å². The van der Waals surface area contributed by atoms with E-state index in [4.69, 9.17) is 47.7 Å². The maximum atomic E-state index is 6.21. The first-order chi connectivity index (χ1) is 18.8. The Morgan fingerprint density at radius 2 is 0.868 bits per heavy atom. The number of anilines is 2. The van der Waals surface area contributed by atoms with Gasteiger partial charge >= 0.3 is 23.3 Å². The third-order valence-electron chi connectivity index (χ3n) is 6.96. The zero-order valence-corrected chi connectivity index (χ0v) is 21.8. The van der Waals surface area contributed by atoms with Gasteiger partial charge in [0.15, 0.2) is 0 Å². The molecule has 0 amide bonds. The first kappa shape index (κ1) is 25.3. The smallest absolute Gasteiger partial charge is 0.378 e. The minimum atomic E-state index is 0.517. The number of rotatable bonds is 5. The quantitative estimate of drug-likeness (QED) is 0.378. The van der Waals surface area contributed by atoms with Gasteiger partial charge in [-0.05, 0) is 0 Å². The molecule has 0 spiro atoms. The molecule has 0 aliphatic carbocycles. The molecule has 0 radical (unpaired) electrons. The number of hydrogen-bond donors (Lipinski definition) is 0. The minimum absolute atomic E-state index is 0.517. The molecule has 0 unspecified atom stereocenters. The summed E-state index contributed by atoms with van der Waals surface area (Å²) in [7, 11) is 0. The van der Waals surface area contributed by atoms with Crippen molar-refractivity contribution < 1.29 is 27.8 Å². The van der Waals surface area contributed by atoms with Crippen LogP contribution in [0.3, 0.4) is 0 Å². The van der Waals surface area contributed by atoms with Crippen molar-refractivity contribution in [1.82, 2.24) is 29.1 Å². The van der Waals surface area contributed by atoms with Crippen LogP contribution in [0.2, 0.25) is 0 Å². The zero-order chi connectivity index (χ0) is 25.6. The summed E-state index contributed by atoms with van der Waals surface area (Å²) >= 11 is 0. The Morgan fingerprint density at radius 3 is 1.26 bits per heavy atom. The predicted molar refractivity (Wildman–Crippen MR) is 134 cm³/mol. The molecule has 0 N–H and O–H groups in total. The van der Waals surface area contributed by atoms with E-state index in [1.54, 1.807) is 0 Å². The summed E-state index contributed by atoms with van der Waals surface area (Å²) < 4.78 is 38.8. The molecular weight excluding hydrogens is 496 g/mol. The molecule has 14 nitrogen and oxygen atoms in total. The van der Waals surface area contributed by atoms with E-state index in [1.807, 2.05) is 0 Å². The summed E-state index contributed by atoms with van der Waals surface area (Å²) in [5.74, 6) is 2.52. The zero-order valence-electron chi connectivity index (χ0n) is 21.8. The monoisotopic (exact) mass is 532 g/mol. The van der Waals surface area contributed by atoms with Crippen molar-refractivity contribution in [2.24, 2.45) is 0 Å². The van der Waals surface area contributed by atoms with E-state index in [0.717, 1.165) is 52.4 Å². The van der Waals surface area contributed by atoms with Gasteiger partial charge in [0.1, 0.15) is 26.2 Å². The van der Waals surface area contributed by atoms with Gasteiger partial charge < -0.3 is 37.6 Å². The topological polar surface area (TPSA) is 127 Å². The second-order valence-electron chi connectivity index (χ2n) is 9.50. The number of ether oxygens (including phenoxy) is 4. The fourth-order valence-electron chi connectivity index (χ4n) is 4.76. The number of aromatic nitrogens is 4. The molecule has 6 heterocycles. The van der Waals surface area contributed by atoms with Crippen LogP contribution in [-0.4, -0.2) is 125 Å². The molecule has 4 saturated heterocycles. The minimum Gasteiger partial charge on any atom is -0.378 e. The van der Waals surface area contributed by atoms with Crippen molar-refractivity contribution in [2.45, 2.75) is 12.8 Å². The molecular formula is C24H36N8O6+2. The van der Waals surface area contributed by atoms with Crippen LogP contribution in [0.15, 0.2) is 8.83 Å². The van der Waals surface area contributed by atoms with E-state index < -0.39 is 0 Å². The average Bonchev–Trinajstić information content (AvgIpc) is 3.01. The van der Waals surface area contributed by atoms with Gasteiger partial charge in [-0.2, -0.15) is 9.97 Å². The van der Waals surface area contributed by atoms with Gasteiger partial charge in [0, 0.05) is 49.0 Å². The second-order valence-corrected chi connectivity index (χ2v) is 9.50. The van der Waals surface area contributed by atoms with Crippen LogP contribution < -0.4 is 30.3 Å². The van der Waals surface area contributed by atoms with E-state index in [9.17, 15) is 0 Å². The molecule has 2 aromatic rings. The predicted octanol–water partition coefficient (Wildman–Crippen LogP) is -2.48. The van der Waals surface area contributed by atoms with Gasteiger partial charge in [-0.3, -0.25) is 0 Å². The molecule has 6 rings (SSSR count). The van der Waals surface area contributed by atoms with Crippen molar-refractivity contribution in [3.05, 3.63) is 23.2 Å². The maximum absolute atomic E-state index is 6.21. The van der Waals surface area contributed by atoms with Crippen LogP contribution in [0.1, 0.15) is 11.8 Å². The molecule has 0 saturated carbocycles. The lowest BCUT2D eigenvalue weighted by atomic mass is 10.3. The van der Waals surface area contributed by atoms with Crippen LogP contribution in [0.4, 0.5) is 11.9 Å². The lowest BCUT2D eigenvalue weighted by Crippen LogP contribution is -2.44. The molecule has 4 aliphatic heterocycles. The second kappa shape index (κ2) is 12.3. The summed E-state index contributed by atoms with van der Waals surface area (Å²) in [4.78, 5) is 23.4. The molecule has 206 valence electrons. The summed E-state index contributed by atoms with van der Waals surface area (Å²) in [6.07, 6.45) is 1.03. The van der Waals surface area contributed by atoms with Crippen LogP contribution in [0.5, 0.6) is 0 Å². The number of aryl methyl sites for hydroxylation is 2. The molecule has 4 aliphatic rings. The Balaban J connectivity index is 1.31. The van der Waals surface area contributed by atoms with Crippen molar-refractivity contribution in [2.75, 3.05) is 115 Å². The molecule has 0 atom stereocenters. The summed E-state index contributed by atoms with van der Waals surface area (Å²) in [6, 6.07) is 0. The molecule has 4 fully saturated rings. The SMILES string of the molecule is C1CN(c2nc(CCc3nc(N4CCOCC4)nc(=[N+]4CCOCC4)o3)oc(=[N+]3CCOCC3)n2)CCO1. The summed E-state index contributed by atoms with van der Waals surface area (Å²) in [5, 5.41) is 0. The van der Waals surface area contributed by atoms with Gasteiger partial charge in [-0.15, -0.1) is 0 Å². The van der Waals surface area contributed by atoms with Gasteiger partial charge in [0.2, 0.25) is 11.8 Å². The van der Waals surface area contributed by atoms with Crippen LogP contribution >= 0.6 is 0 Å². The third-order valence-corrected chi connectivity index (χ3v) is 6.96. The van der Waals surface area contributed by atoms with E-state index in [0.29, 0.717) is 101 Å². The Kier molecular flexibility index (Phi) is 8.19. The normalized spacial score (nSPS) is 21.2. The van der Waals surface area contributed by atoms with Crippen molar-refractivity contribution in [3.8, 4) is 0 Å². The highest BCUT2D eigenvalue weighted by atomic mass is 16.5. The first-order valence-electron chi connectivity index (χ1n) is 13.5. The maximum Gasteiger partial charge on any atom is 0.504 e. The van der Waals surface area contributed by atoms with E-state index >= 15 is 0 Å². The highest BCUT2D eigenvalue weighted by Gasteiger charge is 2.25. The molecule has 14 heteroatoms. The van der Waals surface area contributed by atoms with Gasteiger partial charge in [0.05, 0.1) is 52.9 Å². The van der Waals surface area contributed by atoms with Gasteiger partial charge in [0.25, 0.3) is 0 Å². The first-order valence-corrected chi connectivity index (χ1v) is 13.5. The van der Waals surface area contributed by atoms with Gasteiger partial charge in [-0.25, -0.2) is 9.15 Å². The standard InChI is InChI=1S/C24H36N8O6/c1(19-25-21(29-3-11-33-12-4-29)27-23(37-19)31-7-15-35-16-8-31)2-20-26-22(30-5-13-34-14-6-30)28-24(38-20)32-9-17-36-18-10-32/h1-18H2/q+2. The number of morpholine rings is 4. The number of nitrogens with zero attached hydrogens (tertiary/aromatic N) is 8. The Bertz CT molecular complexity index is 1120.